The summed E-state index contributed by atoms with van der Waals surface area (Å²) < 4.78 is 0. The number of amides is 3. The molecule has 2 aliphatic rings. The molecule has 1 saturated heterocycles. The molecule has 0 radical (unpaired) electrons. The van der Waals surface area contributed by atoms with E-state index in [4.69, 9.17) is 5.41 Å². The van der Waals surface area contributed by atoms with Crippen molar-refractivity contribution in [1.82, 2.24) is 15.5 Å². The highest BCUT2D eigenvalue weighted by atomic mass is 16.2. The molecular weight excluding hydrogens is 232 g/mol. The molecule has 0 aromatic rings. The summed E-state index contributed by atoms with van der Waals surface area (Å²) in [6.07, 6.45) is 6.85. The number of rotatable bonds is 2. The monoisotopic (exact) mass is 246 g/mol. The van der Waals surface area contributed by atoms with E-state index in [0.717, 1.165) is 11.8 Å². The summed E-state index contributed by atoms with van der Waals surface area (Å²) >= 11 is 0. The number of allylic oxidation sites excluding steroid dienone is 4. The van der Waals surface area contributed by atoms with Crippen LogP contribution < -0.4 is 10.6 Å². The third-order valence-corrected chi connectivity index (χ3v) is 2.73. The number of nitrogens with one attached hydrogen (secondary N) is 3. The van der Waals surface area contributed by atoms with Crippen LogP contribution in [0.4, 0.5) is 4.79 Å². The van der Waals surface area contributed by atoms with Crippen molar-refractivity contribution in [2.75, 3.05) is 6.54 Å². The predicted octanol–water partition coefficient (Wildman–Crippen LogP) is 0.853. The molecule has 18 heavy (non-hydrogen) atoms. The van der Waals surface area contributed by atoms with Gasteiger partial charge in [0.15, 0.2) is 0 Å². The number of carbonyl (C=O) groups is 2. The summed E-state index contributed by atoms with van der Waals surface area (Å²) in [5.41, 5.74) is 2.17. The van der Waals surface area contributed by atoms with E-state index in [1.54, 1.807) is 12.3 Å². The molecule has 3 N–H and O–H groups in total. The molecule has 0 saturated carbocycles. The third-order valence-electron chi connectivity index (χ3n) is 2.73. The van der Waals surface area contributed by atoms with Gasteiger partial charge in [0.25, 0.3) is 0 Å². The molecule has 2 aliphatic heterocycles. The molecule has 2 rings (SSSR count). The lowest BCUT2D eigenvalue weighted by Gasteiger charge is -2.28. The maximum atomic E-state index is 11.7. The number of nitrogens with zero attached hydrogens (tertiary/aromatic N) is 1. The lowest BCUT2D eigenvalue weighted by Crippen LogP contribution is -2.49. The van der Waals surface area contributed by atoms with Crippen LogP contribution in [0.2, 0.25) is 0 Å². The molecule has 0 spiro atoms. The minimum absolute atomic E-state index is 0.245. The molecule has 0 aliphatic carbocycles. The van der Waals surface area contributed by atoms with Crippen molar-refractivity contribution in [2.45, 2.75) is 13.3 Å². The van der Waals surface area contributed by atoms with Crippen LogP contribution in [0, 0.1) is 5.41 Å². The van der Waals surface area contributed by atoms with E-state index >= 15 is 0 Å². The van der Waals surface area contributed by atoms with Gasteiger partial charge in [0.05, 0.1) is 11.4 Å². The molecule has 2 heterocycles. The Morgan fingerprint density at radius 2 is 2.22 bits per heavy atom. The quantitative estimate of drug-likeness (QED) is 0.631. The zero-order valence-corrected chi connectivity index (χ0v) is 9.99. The standard InChI is InChI=1S/C12H14N4O2/c1-8-2-3-9(14-7-8)10(6-13)16-5-4-11(17)15-12(16)18/h2-3,6-7,13-14H,4-5H2,1H3,(H,15,17,18)/b10-9+,13-6?. The molecule has 0 aromatic heterocycles. The Balaban J connectivity index is 2.27. The Hall–Kier alpha value is -2.37. The second-order valence-electron chi connectivity index (χ2n) is 4.06. The largest absolute Gasteiger partial charge is 0.360 e. The SMILES string of the molecule is CC1=CN/C(=C(\C=N)N2CCC(=O)NC2=O)C=C1. The normalized spacial score (nSPS) is 22.1. The lowest BCUT2D eigenvalue weighted by atomic mass is 10.1. The van der Waals surface area contributed by atoms with Crippen LogP contribution in [-0.4, -0.2) is 29.6 Å². The van der Waals surface area contributed by atoms with E-state index in [9.17, 15) is 9.59 Å². The van der Waals surface area contributed by atoms with Gasteiger partial charge in [-0.1, -0.05) is 6.08 Å². The van der Waals surface area contributed by atoms with Crippen LogP contribution in [0.3, 0.4) is 0 Å². The van der Waals surface area contributed by atoms with Crippen LogP contribution in [0.1, 0.15) is 13.3 Å². The summed E-state index contributed by atoms with van der Waals surface area (Å²) in [4.78, 5) is 24.2. The van der Waals surface area contributed by atoms with E-state index < -0.39 is 6.03 Å². The van der Waals surface area contributed by atoms with Gasteiger partial charge in [0.2, 0.25) is 5.91 Å². The predicted molar refractivity (Wildman–Crippen MR) is 66.7 cm³/mol. The number of carbonyl (C=O) groups excluding carboxylic acids is 2. The number of hydrogen-bond donors (Lipinski definition) is 3. The number of imide groups is 1. The lowest BCUT2D eigenvalue weighted by molar-refractivity contribution is -0.121. The Morgan fingerprint density at radius 3 is 2.78 bits per heavy atom. The highest BCUT2D eigenvalue weighted by Crippen LogP contribution is 2.15. The van der Waals surface area contributed by atoms with E-state index in [0.29, 0.717) is 11.4 Å². The molecule has 94 valence electrons. The first kappa shape index (κ1) is 12.1. The number of urea groups is 1. The van der Waals surface area contributed by atoms with Crippen molar-refractivity contribution in [2.24, 2.45) is 0 Å². The van der Waals surface area contributed by atoms with Crippen molar-refractivity contribution in [3.8, 4) is 0 Å². The fourth-order valence-electron chi connectivity index (χ4n) is 1.76. The average molecular weight is 246 g/mol. The highest BCUT2D eigenvalue weighted by Gasteiger charge is 2.26. The van der Waals surface area contributed by atoms with Crippen molar-refractivity contribution in [3.63, 3.8) is 0 Å². The van der Waals surface area contributed by atoms with Crippen LogP contribution in [-0.2, 0) is 4.79 Å². The van der Waals surface area contributed by atoms with Gasteiger partial charge in [0, 0.05) is 25.4 Å². The number of dihydropyridines is 1. The van der Waals surface area contributed by atoms with Crippen molar-refractivity contribution >= 4 is 18.2 Å². The molecule has 6 heteroatoms. The van der Waals surface area contributed by atoms with E-state index in [2.05, 4.69) is 10.6 Å². The first-order chi connectivity index (χ1) is 8.61. The van der Waals surface area contributed by atoms with Gasteiger partial charge in [0.1, 0.15) is 0 Å². The van der Waals surface area contributed by atoms with Crippen LogP contribution >= 0.6 is 0 Å². The van der Waals surface area contributed by atoms with Gasteiger partial charge in [-0.3, -0.25) is 15.0 Å². The van der Waals surface area contributed by atoms with E-state index in [1.807, 2.05) is 13.0 Å². The van der Waals surface area contributed by atoms with Crippen LogP contribution in [0.15, 0.2) is 35.3 Å². The van der Waals surface area contributed by atoms with Gasteiger partial charge in [-0.15, -0.1) is 0 Å². The summed E-state index contributed by atoms with van der Waals surface area (Å²) in [7, 11) is 0. The second kappa shape index (κ2) is 4.87. The molecule has 0 atom stereocenters. The fourth-order valence-corrected chi connectivity index (χ4v) is 1.76. The fraction of sp³-hybridized carbons (Fsp3) is 0.250. The Labute approximate surface area is 105 Å². The zero-order valence-electron chi connectivity index (χ0n) is 9.99. The number of hydrogen-bond acceptors (Lipinski definition) is 4. The summed E-state index contributed by atoms with van der Waals surface area (Å²) in [6, 6.07) is -0.487. The minimum Gasteiger partial charge on any atom is -0.360 e. The highest BCUT2D eigenvalue weighted by molar-refractivity contribution is 5.99. The zero-order chi connectivity index (χ0) is 13.1. The average Bonchev–Trinajstić information content (AvgIpc) is 2.35. The maximum Gasteiger partial charge on any atom is 0.328 e. The Bertz CT molecular complexity index is 502. The Morgan fingerprint density at radius 1 is 1.44 bits per heavy atom. The first-order valence-corrected chi connectivity index (χ1v) is 5.59. The van der Waals surface area contributed by atoms with Crippen molar-refractivity contribution in [1.29, 1.82) is 5.41 Å². The van der Waals surface area contributed by atoms with Crippen molar-refractivity contribution < 1.29 is 9.59 Å². The van der Waals surface area contributed by atoms with Gasteiger partial charge in [-0.2, -0.15) is 0 Å². The smallest absolute Gasteiger partial charge is 0.328 e. The topological polar surface area (TPSA) is 85.3 Å². The summed E-state index contributed by atoms with van der Waals surface area (Å²) in [6.45, 7) is 2.23. The maximum absolute atomic E-state index is 11.7. The van der Waals surface area contributed by atoms with Gasteiger partial charge in [-0.05, 0) is 18.6 Å². The Kier molecular flexibility index (Phi) is 3.27. The molecule has 0 unspecified atom stereocenters. The molecule has 0 aromatic carbocycles. The summed E-state index contributed by atoms with van der Waals surface area (Å²) in [5, 5.41) is 12.7. The third kappa shape index (κ3) is 2.32. The molecule has 0 bridgehead atoms. The first-order valence-electron chi connectivity index (χ1n) is 5.59. The van der Waals surface area contributed by atoms with Gasteiger partial charge in [-0.25, -0.2) is 4.79 Å². The minimum atomic E-state index is -0.487. The second-order valence-corrected chi connectivity index (χ2v) is 4.06. The molecular formula is C12H14N4O2. The molecule has 6 nitrogen and oxygen atoms in total. The van der Waals surface area contributed by atoms with Gasteiger partial charge >= 0.3 is 6.03 Å². The molecule has 3 amide bonds. The van der Waals surface area contributed by atoms with Crippen LogP contribution in [0.5, 0.6) is 0 Å². The van der Waals surface area contributed by atoms with E-state index in [-0.39, 0.29) is 18.9 Å². The summed E-state index contributed by atoms with van der Waals surface area (Å²) in [5.74, 6) is -0.284. The molecule has 1 fully saturated rings. The van der Waals surface area contributed by atoms with E-state index in [1.165, 1.54) is 4.90 Å². The van der Waals surface area contributed by atoms with Crippen LogP contribution in [0.25, 0.3) is 0 Å². The van der Waals surface area contributed by atoms with Gasteiger partial charge < -0.3 is 10.7 Å². The van der Waals surface area contributed by atoms with Crippen molar-refractivity contribution in [3.05, 3.63) is 35.3 Å².